The first-order valence-electron chi connectivity index (χ1n) is 26.8. The molecule has 7 heteroatoms. The number of para-hydroxylation sites is 5. The maximum atomic E-state index is 6.93. The van der Waals surface area contributed by atoms with Crippen LogP contribution in [0.4, 0.5) is 22.7 Å². The van der Waals surface area contributed by atoms with Gasteiger partial charge in [-0.2, -0.15) is 12.1 Å². The van der Waals surface area contributed by atoms with Crippen LogP contribution in [0, 0.1) is 25.7 Å². The van der Waals surface area contributed by atoms with Crippen LogP contribution < -0.4 is 14.5 Å². The molecule has 11 aromatic carbocycles. The van der Waals surface area contributed by atoms with Crippen LogP contribution in [0.5, 0.6) is 11.5 Å². The number of rotatable bonds is 8. The Balaban J connectivity index is 0.00000552. The zero-order chi connectivity index (χ0) is 52.1. The summed E-state index contributed by atoms with van der Waals surface area (Å²) in [5, 5.41) is 4.64. The van der Waals surface area contributed by atoms with Crippen LogP contribution in [-0.2, 0) is 21.1 Å². The first-order valence-corrected chi connectivity index (χ1v) is 26.8. The van der Waals surface area contributed by atoms with Crippen molar-refractivity contribution >= 4 is 66.4 Å². The second-order valence-corrected chi connectivity index (χ2v) is 20.4. The minimum absolute atomic E-state index is 0. The standard InChI is InChI=1S/C73H46N5O.Pt/c1-47-42-69(74-45-62(47)50-24-9-4-10-25-50)77-66-40-41-67-70(58-30-12-11-28-56(58)59-33-19-34-60-57-29-13-14-35-63(57)78(67)73(59)60)71(66)61-39-38-53(44-68(61)77)79-52-27-17-26-51(43-52)75-46-76(65-37-16-15-36-64(65)75)72-54(48-20-5-2-6-21-48)31-18-32-55(72)49-22-7-3-8-23-49;/h2-42,45-46H,1H3;/q-3;. The smallest absolute Gasteiger partial charge is 0.135 e. The Kier molecular flexibility index (Phi) is 11.3. The van der Waals surface area contributed by atoms with Crippen LogP contribution in [0.25, 0.3) is 111 Å². The van der Waals surface area contributed by atoms with E-state index in [0.717, 1.165) is 101 Å². The fraction of sp³-hybridized carbons (Fsp3) is 0.0137. The molecule has 0 saturated heterocycles. The van der Waals surface area contributed by atoms with Gasteiger partial charge in [-0.3, -0.25) is 0 Å². The Labute approximate surface area is 477 Å². The molecular weight excluding hydrogens is 1160 g/mol. The predicted octanol–water partition coefficient (Wildman–Crippen LogP) is 19.0. The molecule has 0 aliphatic carbocycles. The summed E-state index contributed by atoms with van der Waals surface area (Å²) in [6, 6.07) is 96.0. The Bertz CT molecular complexity index is 4700. The molecule has 5 heterocycles. The van der Waals surface area contributed by atoms with Crippen molar-refractivity contribution in [1.82, 2.24) is 14.1 Å². The van der Waals surface area contributed by atoms with Gasteiger partial charge in [0, 0.05) is 99.9 Å². The Morgan fingerprint density at radius 1 is 0.425 bits per heavy atom. The van der Waals surface area contributed by atoms with E-state index in [9.17, 15) is 0 Å². The molecule has 16 rings (SSSR count). The fourth-order valence-electron chi connectivity index (χ4n) is 12.5. The molecule has 0 bridgehead atoms. The molecule has 0 fully saturated rings. The molecule has 0 N–H and O–H groups in total. The predicted molar refractivity (Wildman–Crippen MR) is 324 cm³/mol. The van der Waals surface area contributed by atoms with Gasteiger partial charge in [0.1, 0.15) is 5.82 Å². The van der Waals surface area contributed by atoms with Gasteiger partial charge in [-0.25, -0.2) is 4.98 Å². The van der Waals surface area contributed by atoms with Gasteiger partial charge < -0.3 is 23.7 Å². The zero-order valence-electron chi connectivity index (χ0n) is 43.3. The van der Waals surface area contributed by atoms with E-state index >= 15 is 0 Å². The SMILES string of the molecule is Cc1cc(-n2c3[c-]c(Oc4[c-]c(N5[CH-]N(c6c(-c7ccccc7)cccc6-c6ccccc6)c6ccccc65)ccc4)ccc3c3c4c(ccc32)-n2c3ccccc3c3cccc(c32)-c2ccccc2-4)ncc1-c1ccccc1.[Pt]. The first kappa shape index (κ1) is 47.5. The largest absolute Gasteiger partial charge is 0.509 e. The summed E-state index contributed by atoms with van der Waals surface area (Å²) >= 11 is 0. The topological polar surface area (TPSA) is 38.5 Å². The van der Waals surface area contributed by atoms with E-state index in [2.05, 4.69) is 281 Å². The van der Waals surface area contributed by atoms with Gasteiger partial charge in [-0.1, -0.05) is 188 Å². The van der Waals surface area contributed by atoms with Crippen molar-refractivity contribution in [3.63, 3.8) is 0 Å². The second-order valence-electron chi connectivity index (χ2n) is 20.4. The van der Waals surface area contributed by atoms with Crippen molar-refractivity contribution in [3.05, 3.63) is 279 Å². The van der Waals surface area contributed by atoms with Crippen LogP contribution in [-0.4, -0.2) is 14.1 Å². The number of ether oxygens (including phenoxy) is 1. The molecule has 2 aliphatic rings. The third-order valence-electron chi connectivity index (χ3n) is 15.9. The van der Waals surface area contributed by atoms with Crippen LogP contribution in [0.2, 0.25) is 0 Å². The molecule has 0 atom stereocenters. The number of aryl methyl sites for hydroxylation is 1. The number of aromatic nitrogens is 3. The van der Waals surface area contributed by atoms with Crippen molar-refractivity contribution in [2.24, 2.45) is 0 Å². The van der Waals surface area contributed by atoms with Crippen molar-refractivity contribution < 1.29 is 25.8 Å². The number of hydrogen-bond donors (Lipinski definition) is 0. The maximum absolute atomic E-state index is 6.93. The van der Waals surface area contributed by atoms with Gasteiger partial charge in [0.25, 0.3) is 0 Å². The number of hydrogen-bond acceptors (Lipinski definition) is 4. The van der Waals surface area contributed by atoms with Gasteiger partial charge in [-0.05, 0) is 82.1 Å². The monoisotopic (exact) mass is 1200 g/mol. The van der Waals surface area contributed by atoms with Crippen molar-refractivity contribution in [1.29, 1.82) is 0 Å². The van der Waals surface area contributed by atoms with Crippen molar-refractivity contribution in [2.45, 2.75) is 6.92 Å². The van der Waals surface area contributed by atoms with E-state index in [1.165, 1.54) is 38.5 Å². The van der Waals surface area contributed by atoms with Crippen LogP contribution >= 0.6 is 0 Å². The summed E-state index contributed by atoms with van der Waals surface area (Å²) in [6.07, 6.45) is 2.01. The van der Waals surface area contributed by atoms with Gasteiger partial charge in [0.05, 0.1) is 16.7 Å². The molecule has 80 heavy (non-hydrogen) atoms. The van der Waals surface area contributed by atoms with E-state index < -0.39 is 0 Å². The normalized spacial score (nSPS) is 12.4. The van der Waals surface area contributed by atoms with E-state index in [1.807, 2.05) is 18.3 Å². The minimum Gasteiger partial charge on any atom is -0.509 e. The molecule has 382 valence electrons. The van der Waals surface area contributed by atoms with Gasteiger partial charge in [-0.15, -0.1) is 48.1 Å². The number of fused-ring (bicyclic) bond motifs is 13. The molecule has 0 amide bonds. The first-order chi connectivity index (χ1) is 39.1. The summed E-state index contributed by atoms with van der Waals surface area (Å²) in [5.74, 6) is 1.94. The molecular formula is C73H46N5OPt-3. The van der Waals surface area contributed by atoms with Crippen LogP contribution in [0.1, 0.15) is 5.56 Å². The van der Waals surface area contributed by atoms with Crippen molar-refractivity contribution in [2.75, 3.05) is 9.80 Å². The average Bonchev–Trinajstić information content (AvgIpc) is 4.25. The van der Waals surface area contributed by atoms with Crippen molar-refractivity contribution in [3.8, 4) is 78.6 Å². The average molecular weight is 1200 g/mol. The molecule has 2 aliphatic heterocycles. The minimum atomic E-state index is 0. The van der Waals surface area contributed by atoms with E-state index in [0.29, 0.717) is 11.5 Å². The van der Waals surface area contributed by atoms with E-state index in [4.69, 9.17) is 9.72 Å². The summed E-state index contributed by atoms with van der Waals surface area (Å²) in [5.41, 5.74) is 22.1. The zero-order valence-corrected chi connectivity index (χ0v) is 45.6. The van der Waals surface area contributed by atoms with Gasteiger partial charge in [0.2, 0.25) is 0 Å². The molecule has 0 spiro atoms. The summed E-state index contributed by atoms with van der Waals surface area (Å²) in [4.78, 5) is 9.80. The maximum Gasteiger partial charge on any atom is 0.135 e. The number of nitrogens with zero attached hydrogens (tertiary/aromatic N) is 5. The molecule has 0 unspecified atom stereocenters. The summed E-state index contributed by atoms with van der Waals surface area (Å²) < 4.78 is 11.7. The van der Waals surface area contributed by atoms with Crippen LogP contribution in [0.15, 0.2) is 255 Å². The summed E-state index contributed by atoms with van der Waals surface area (Å²) in [7, 11) is 0. The third kappa shape index (κ3) is 7.40. The Morgan fingerprint density at radius 3 is 1.75 bits per heavy atom. The van der Waals surface area contributed by atoms with Gasteiger partial charge >= 0.3 is 0 Å². The Morgan fingerprint density at radius 2 is 1.01 bits per heavy atom. The number of anilines is 4. The fourth-order valence-corrected chi connectivity index (χ4v) is 12.5. The van der Waals surface area contributed by atoms with E-state index in [1.54, 1.807) is 0 Å². The number of pyridine rings is 1. The molecule has 14 aromatic rings. The Hall–Kier alpha value is -9.74. The molecule has 3 aromatic heterocycles. The second kappa shape index (κ2) is 19.0. The molecule has 0 radical (unpaired) electrons. The van der Waals surface area contributed by atoms with Gasteiger partial charge in [0.15, 0.2) is 0 Å². The third-order valence-corrected chi connectivity index (χ3v) is 15.9. The molecule has 6 nitrogen and oxygen atoms in total. The van der Waals surface area contributed by atoms with E-state index in [-0.39, 0.29) is 21.1 Å². The summed E-state index contributed by atoms with van der Waals surface area (Å²) in [6.45, 7) is 4.36. The van der Waals surface area contributed by atoms with Crippen LogP contribution in [0.3, 0.4) is 0 Å². The molecule has 0 saturated carbocycles. The number of benzene rings is 11. The quantitative estimate of drug-likeness (QED) is 0.142.